The minimum atomic E-state index is -0.0922. The van der Waals surface area contributed by atoms with E-state index in [2.05, 4.69) is 46.4 Å². The molecular formula is C15H32N2O. The summed E-state index contributed by atoms with van der Waals surface area (Å²) in [6, 6.07) is 0. The van der Waals surface area contributed by atoms with Gasteiger partial charge in [0.1, 0.15) is 0 Å². The molecule has 1 aliphatic heterocycles. The molecule has 2 N–H and O–H groups in total. The van der Waals surface area contributed by atoms with Crippen LogP contribution in [0.2, 0.25) is 0 Å². The summed E-state index contributed by atoms with van der Waals surface area (Å²) in [6.07, 6.45) is 3.47. The highest BCUT2D eigenvalue weighted by Crippen LogP contribution is 2.35. The standard InChI is InChI=1S/C15H32N2O/c1-7-9-15(8-2,10-16)17-11-13(3,4)18-14(5,6)12-17/h7-12,16H2,1-6H3. The Hall–Kier alpha value is -0.120. The van der Waals surface area contributed by atoms with Crippen LogP contribution in [0.5, 0.6) is 0 Å². The van der Waals surface area contributed by atoms with E-state index in [-0.39, 0.29) is 16.7 Å². The van der Waals surface area contributed by atoms with Crippen molar-refractivity contribution >= 4 is 0 Å². The van der Waals surface area contributed by atoms with Crippen molar-refractivity contribution in [3.8, 4) is 0 Å². The van der Waals surface area contributed by atoms with E-state index in [1.54, 1.807) is 0 Å². The van der Waals surface area contributed by atoms with Gasteiger partial charge in [0, 0.05) is 25.2 Å². The average molecular weight is 256 g/mol. The SMILES string of the molecule is CCCC(CC)(CN)N1CC(C)(C)OC(C)(C)C1. The Morgan fingerprint density at radius 3 is 1.94 bits per heavy atom. The molecule has 0 amide bonds. The number of hydrogen-bond acceptors (Lipinski definition) is 3. The molecule has 3 nitrogen and oxygen atoms in total. The summed E-state index contributed by atoms with van der Waals surface area (Å²) in [5.41, 5.74) is 6.09. The molecule has 1 atom stereocenters. The number of hydrogen-bond donors (Lipinski definition) is 1. The molecule has 1 heterocycles. The van der Waals surface area contributed by atoms with Gasteiger partial charge in [0.15, 0.2) is 0 Å². The third-order valence-corrected chi connectivity index (χ3v) is 4.12. The molecule has 3 heteroatoms. The zero-order chi connectivity index (χ0) is 14.0. The molecule has 0 radical (unpaired) electrons. The summed E-state index contributed by atoms with van der Waals surface area (Å²) in [5, 5.41) is 0. The van der Waals surface area contributed by atoms with E-state index in [9.17, 15) is 0 Å². The van der Waals surface area contributed by atoms with Crippen LogP contribution in [0.1, 0.15) is 60.8 Å². The Morgan fingerprint density at radius 1 is 1.11 bits per heavy atom. The van der Waals surface area contributed by atoms with Gasteiger partial charge in [0.2, 0.25) is 0 Å². The number of rotatable bonds is 5. The van der Waals surface area contributed by atoms with Gasteiger partial charge in [-0.3, -0.25) is 4.90 Å². The van der Waals surface area contributed by atoms with Crippen LogP contribution < -0.4 is 5.73 Å². The maximum atomic E-state index is 6.17. The van der Waals surface area contributed by atoms with Crippen LogP contribution in [0.3, 0.4) is 0 Å². The molecule has 1 saturated heterocycles. The molecule has 0 aliphatic carbocycles. The molecule has 108 valence electrons. The lowest BCUT2D eigenvalue weighted by Crippen LogP contribution is -2.65. The lowest BCUT2D eigenvalue weighted by molar-refractivity contribution is -0.200. The van der Waals surface area contributed by atoms with E-state index in [0.29, 0.717) is 0 Å². The van der Waals surface area contributed by atoms with Crippen LogP contribution in [-0.4, -0.2) is 41.3 Å². The second-order valence-corrected chi connectivity index (χ2v) is 7.01. The van der Waals surface area contributed by atoms with Crippen LogP contribution in [0, 0.1) is 0 Å². The molecule has 1 unspecified atom stereocenters. The van der Waals surface area contributed by atoms with Gasteiger partial charge >= 0.3 is 0 Å². The van der Waals surface area contributed by atoms with Crippen LogP contribution in [0.15, 0.2) is 0 Å². The van der Waals surface area contributed by atoms with Gasteiger partial charge < -0.3 is 10.5 Å². The summed E-state index contributed by atoms with van der Waals surface area (Å²) >= 11 is 0. The van der Waals surface area contributed by atoms with Crippen LogP contribution >= 0.6 is 0 Å². The fraction of sp³-hybridized carbons (Fsp3) is 1.00. The molecule has 1 fully saturated rings. The second kappa shape index (κ2) is 5.48. The smallest absolute Gasteiger partial charge is 0.0761 e. The first kappa shape index (κ1) is 15.9. The molecule has 1 rings (SSSR count). The Bertz CT molecular complexity index is 254. The molecule has 18 heavy (non-hydrogen) atoms. The molecule has 0 spiro atoms. The van der Waals surface area contributed by atoms with Gasteiger partial charge in [-0.1, -0.05) is 20.3 Å². The Balaban J connectivity index is 2.97. The van der Waals surface area contributed by atoms with E-state index in [1.807, 2.05) is 0 Å². The Kier molecular flexibility index (Phi) is 4.85. The quantitative estimate of drug-likeness (QED) is 0.822. The molecule has 0 saturated carbocycles. The number of ether oxygens (including phenoxy) is 1. The van der Waals surface area contributed by atoms with Crippen LogP contribution in [0.4, 0.5) is 0 Å². The van der Waals surface area contributed by atoms with Crippen molar-refractivity contribution in [2.24, 2.45) is 5.73 Å². The highest BCUT2D eigenvalue weighted by Gasteiger charge is 2.45. The molecule has 0 aromatic rings. The van der Waals surface area contributed by atoms with Crippen molar-refractivity contribution in [1.29, 1.82) is 0 Å². The van der Waals surface area contributed by atoms with Crippen molar-refractivity contribution in [2.45, 2.75) is 77.5 Å². The van der Waals surface area contributed by atoms with Crippen molar-refractivity contribution in [2.75, 3.05) is 19.6 Å². The molecule has 0 aromatic carbocycles. The zero-order valence-electron chi connectivity index (χ0n) is 13.2. The van der Waals surface area contributed by atoms with Crippen LogP contribution in [0.25, 0.3) is 0 Å². The minimum Gasteiger partial charge on any atom is -0.367 e. The highest BCUT2D eigenvalue weighted by molar-refractivity contribution is 4.99. The van der Waals surface area contributed by atoms with Crippen molar-refractivity contribution in [1.82, 2.24) is 4.90 Å². The highest BCUT2D eigenvalue weighted by atomic mass is 16.5. The van der Waals surface area contributed by atoms with E-state index in [0.717, 1.165) is 26.1 Å². The van der Waals surface area contributed by atoms with Crippen LogP contribution in [-0.2, 0) is 4.74 Å². The summed E-state index contributed by atoms with van der Waals surface area (Å²) in [4.78, 5) is 2.58. The summed E-state index contributed by atoms with van der Waals surface area (Å²) < 4.78 is 6.17. The van der Waals surface area contributed by atoms with Gasteiger partial charge in [-0.25, -0.2) is 0 Å². The number of nitrogens with zero attached hydrogens (tertiary/aromatic N) is 1. The monoisotopic (exact) mass is 256 g/mol. The predicted molar refractivity (Wildman–Crippen MR) is 77.8 cm³/mol. The zero-order valence-corrected chi connectivity index (χ0v) is 13.2. The fourth-order valence-corrected chi connectivity index (χ4v) is 3.52. The maximum Gasteiger partial charge on any atom is 0.0761 e. The maximum absolute atomic E-state index is 6.17. The molecule has 0 aromatic heterocycles. The first-order chi connectivity index (χ1) is 8.20. The lowest BCUT2D eigenvalue weighted by Gasteiger charge is -2.54. The summed E-state index contributed by atoms with van der Waals surface area (Å²) in [5.74, 6) is 0. The van der Waals surface area contributed by atoms with E-state index < -0.39 is 0 Å². The summed E-state index contributed by atoms with van der Waals surface area (Å²) in [6.45, 7) is 15.9. The van der Waals surface area contributed by atoms with Gasteiger partial charge in [-0.05, 0) is 40.5 Å². The van der Waals surface area contributed by atoms with E-state index >= 15 is 0 Å². The largest absolute Gasteiger partial charge is 0.367 e. The number of morpholine rings is 1. The fourth-order valence-electron chi connectivity index (χ4n) is 3.52. The van der Waals surface area contributed by atoms with Gasteiger partial charge in [0.25, 0.3) is 0 Å². The van der Waals surface area contributed by atoms with Gasteiger partial charge in [0.05, 0.1) is 11.2 Å². The van der Waals surface area contributed by atoms with Crippen molar-refractivity contribution < 1.29 is 4.74 Å². The Labute approximate surface area is 113 Å². The lowest BCUT2D eigenvalue weighted by atomic mass is 9.84. The topological polar surface area (TPSA) is 38.5 Å². The third-order valence-electron chi connectivity index (χ3n) is 4.12. The normalized spacial score (nSPS) is 26.8. The number of nitrogens with two attached hydrogens (primary N) is 1. The van der Waals surface area contributed by atoms with Crippen molar-refractivity contribution in [3.05, 3.63) is 0 Å². The first-order valence-corrected chi connectivity index (χ1v) is 7.35. The average Bonchev–Trinajstić information content (AvgIpc) is 2.21. The minimum absolute atomic E-state index is 0.0922. The molecule has 0 bridgehead atoms. The molecular weight excluding hydrogens is 224 g/mol. The third kappa shape index (κ3) is 3.46. The Morgan fingerprint density at radius 2 is 1.61 bits per heavy atom. The summed E-state index contributed by atoms with van der Waals surface area (Å²) in [7, 11) is 0. The first-order valence-electron chi connectivity index (χ1n) is 7.35. The second-order valence-electron chi connectivity index (χ2n) is 7.01. The van der Waals surface area contributed by atoms with E-state index in [4.69, 9.17) is 10.5 Å². The van der Waals surface area contributed by atoms with Gasteiger partial charge in [-0.2, -0.15) is 0 Å². The molecule has 1 aliphatic rings. The van der Waals surface area contributed by atoms with E-state index in [1.165, 1.54) is 12.8 Å². The predicted octanol–water partition coefficient (Wildman–Crippen LogP) is 2.78. The van der Waals surface area contributed by atoms with Gasteiger partial charge in [-0.15, -0.1) is 0 Å². The van der Waals surface area contributed by atoms with Crippen molar-refractivity contribution in [3.63, 3.8) is 0 Å².